The van der Waals surface area contributed by atoms with Gasteiger partial charge in [-0.3, -0.25) is 4.79 Å². The minimum atomic E-state index is -0.193. The Morgan fingerprint density at radius 2 is 1.76 bits per heavy atom. The number of anilines is 1. The Kier molecular flexibility index (Phi) is 3.22. The number of hydrogen-bond acceptors (Lipinski definition) is 2. The van der Waals surface area contributed by atoms with Crippen LogP contribution in [-0.2, 0) is 0 Å². The third-order valence-corrected chi connectivity index (χ3v) is 3.33. The largest absolute Gasteiger partial charge is 0.321 e. The first-order valence-electron chi connectivity index (χ1n) is 6.86. The summed E-state index contributed by atoms with van der Waals surface area (Å²) in [4.78, 5) is 16.7. The van der Waals surface area contributed by atoms with Gasteiger partial charge in [0.2, 0.25) is 0 Å². The second-order valence-corrected chi connectivity index (χ2v) is 5.43. The van der Waals surface area contributed by atoms with Gasteiger partial charge < -0.3 is 9.72 Å². The molecule has 0 aliphatic carbocycles. The van der Waals surface area contributed by atoms with Crippen LogP contribution in [0.5, 0.6) is 0 Å². The molecule has 0 atom stereocenters. The van der Waals surface area contributed by atoms with Crippen molar-refractivity contribution in [2.75, 3.05) is 5.32 Å². The second kappa shape index (κ2) is 5.05. The van der Waals surface area contributed by atoms with Crippen LogP contribution in [0.3, 0.4) is 0 Å². The number of aromatic nitrogens is 2. The van der Waals surface area contributed by atoms with Gasteiger partial charge in [-0.15, -0.1) is 0 Å². The standard InChI is InChI=1S/C17H17N3O/c1-11-4-5-20-10-15(19-16(20)9-11)17(21)18-14-7-12(2)6-13(3)8-14/h4-10H,1-3H3,(H,18,21). The molecule has 3 rings (SSSR count). The van der Waals surface area contributed by atoms with Crippen molar-refractivity contribution >= 4 is 17.2 Å². The van der Waals surface area contributed by atoms with E-state index >= 15 is 0 Å². The van der Waals surface area contributed by atoms with Crippen LogP contribution < -0.4 is 5.32 Å². The molecule has 2 aromatic heterocycles. The van der Waals surface area contributed by atoms with E-state index in [0.717, 1.165) is 28.0 Å². The fourth-order valence-electron chi connectivity index (χ4n) is 2.44. The zero-order chi connectivity index (χ0) is 15.0. The van der Waals surface area contributed by atoms with Gasteiger partial charge in [-0.2, -0.15) is 0 Å². The van der Waals surface area contributed by atoms with Crippen LogP contribution in [-0.4, -0.2) is 15.3 Å². The van der Waals surface area contributed by atoms with Gasteiger partial charge >= 0.3 is 0 Å². The summed E-state index contributed by atoms with van der Waals surface area (Å²) in [6.45, 7) is 6.02. The molecule has 4 heteroatoms. The highest BCUT2D eigenvalue weighted by molar-refractivity contribution is 6.03. The van der Waals surface area contributed by atoms with Crippen molar-refractivity contribution in [1.29, 1.82) is 0 Å². The van der Waals surface area contributed by atoms with Crippen molar-refractivity contribution in [3.63, 3.8) is 0 Å². The average Bonchev–Trinajstić information content (AvgIpc) is 2.80. The minimum absolute atomic E-state index is 0.193. The number of nitrogens with one attached hydrogen (secondary N) is 1. The number of benzene rings is 1. The van der Waals surface area contributed by atoms with Gasteiger partial charge in [0.05, 0.1) is 0 Å². The number of nitrogens with zero attached hydrogens (tertiary/aromatic N) is 2. The molecular weight excluding hydrogens is 262 g/mol. The van der Waals surface area contributed by atoms with E-state index in [4.69, 9.17) is 0 Å². The monoisotopic (exact) mass is 279 g/mol. The van der Waals surface area contributed by atoms with Gasteiger partial charge in [0.1, 0.15) is 11.3 Å². The highest BCUT2D eigenvalue weighted by atomic mass is 16.1. The molecule has 0 fully saturated rings. The lowest BCUT2D eigenvalue weighted by molar-refractivity contribution is 0.102. The van der Waals surface area contributed by atoms with E-state index in [9.17, 15) is 4.79 Å². The topological polar surface area (TPSA) is 46.4 Å². The number of amides is 1. The molecule has 106 valence electrons. The summed E-state index contributed by atoms with van der Waals surface area (Å²) >= 11 is 0. The molecular formula is C17H17N3O. The molecule has 2 heterocycles. The normalized spacial score (nSPS) is 10.8. The molecule has 0 aliphatic rings. The number of imidazole rings is 1. The maximum absolute atomic E-state index is 12.3. The lowest BCUT2D eigenvalue weighted by Crippen LogP contribution is -2.12. The first kappa shape index (κ1) is 13.4. The Morgan fingerprint density at radius 1 is 1.05 bits per heavy atom. The van der Waals surface area contributed by atoms with Crippen molar-refractivity contribution in [3.8, 4) is 0 Å². The first-order valence-corrected chi connectivity index (χ1v) is 6.86. The molecule has 0 unspecified atom stereocenters. The molecule has 4 nitrogen and oxygen atoms in total. The molecule has 0 spiro atoms. The van der Waals surface area contributed by atoms with Crippen LogP contribution in [0, 0.1) is 20.8 Å². The Bertz CT molecular complexity index is 813. The lowest BCUT2D eigenvalue weighted by atomic mass is 10.1. The van der Waals surface area contributed by atoms with Crippen LogP contribution in [0.1, 0.15) is 27.2 Å². The molecule has 0 radical (unpaired) electrons. The number of rotatable bonds is 2. The summed E-state index contributed by atoms with van der Waals surface area (Å²) in [6.07, 6.45) is 3.65. The highest BCUT2D eigenvalue weighted by Crippen LogP contribution is 2.15. The van der Waals surface area contributed by atoms with Gasteiger partial charge in [-0.05, 0) is 61.7 Å². The van der Waals surface area contributed by atoms with E-state index in [1.54, 1.807) is 6.20 Å². The Labute approximate surface area is 123 Å². The van der Waals surface area contributed by atoms with Gasteiger partial charge in [0.25, 0.3) is 5.91 Å². The number of fused-ring (bicyclic) bond motifs is 1. The fourth-order valence-corrected chi connectivity index (χ4v) is 2.44. The molecule has 3 aromatic rings. The van der Waals surface area contributed by atoms with Crippen LogP contribution in [0.15, 0.2) is 42.7 Å². The van der Waals surface area contributed by atoms with Crippen LogP contribution >= 0.6 is 0 Å². The summed E-state index contributed by atoms with van der Waals surface area (Å²) in [5.41, 5.74) is 5.35. The van der Waals surface area contributed by atoms with E-state index in [0.29, 0.717) is 5.69 Å². The van der Waals surface area contributed by atoms with E-state index in [2.05, 4.69) is 16.4 Å². The van der Waals surface area contributed by atoms with Crippen LogP contribution in [0.25, 0.3) is 5.65 Å². The zero-order valence-corrected chi connectivity index (χ0v) is 12.3. The van der Waals surface area contributed by atoms with Crippen molar-refractivity contribution < 1.29 is 4.79 Å². The SMILES string of the molecule is Cc1cc(C)cc(NC(=O)c2cn3ccc(C)cc3n2)c1. The Morgan fingerprint density at radius 3 is 2.48 bits per heavy atom. The molecule has 0 saturated heterocycles. The second-order valence-electron chi connectivity index (χ2n) is 5.43. The Balaban J connectivity index is 1.89. The smallest absolute Gasteiger partial charge is 0.275 e. The number of carbonyl (C=O) groups excluding carboxylic acids is 1. The molecule has 1 aromatic carbocycles. The van der Waals surface area contributed by atoms with Gasteiger partial charge in [-0.25, -0.2) is 4.98 Å². The van der Waals surface area contributed by atoms with Crippen molar-refractivity contribution in [3.05, 3.63) is 65.1 Å². The van der Waals surface area contributed by atoms with Gasteiger partial charge in [0, 0.05) is 18.1 Å². The predicted molar refractivity (Wildman–Crippen MR) is 83.8 cm³/mol. The molecule has 21 heavy (non-hydrogen) atoms. The summed E-state index contributed by atoms with van der Waals surface area (Å²) in [7, 11) is 0. The summed E-state index contributed by atoms with van der Waals surface area (Å²) in [5.74, 6) is -0.193. The molecule has 1 amide bonds. The van der Waals surface area contributed by atoms with Crippen molar-refractivity contribution in [2.45, 2.75) is 20.8 Å². The zero-order valence-electron chi connectivity index (χ0n) is 12.3. The minimum Gasteiger partial charge on any atom is -0.321 e. The summed E-state index contributed by atoms with van der Waals surface area (Å²) in [5, 5.41) is 2.90. The van der Waals surface area contributed by atoms with Gasteiger partial charge in [0.15, 0.2) is 0 Å². The highest BCUT2D eigenvalue weighted by Gasteiger charge is 2.11. The quantitative estimate of drug-likeness (QED) is 0.780. The summed E-state index contributed by atoms with van der Waals surface area (Å²) in [6, 6.07) is 9.91. The van der Waals surface area contributed by atoms with E-state index < -0.39 is 0 Å². The van der Waals surface area contributed by atoms with E-state index in [1.165, 1.54) is 0 Å². The molecule has 0 bridgehead atoms. The fraction of sp³-hybridized carbons (Fsp3) is 0.176. The molecule has 1 N–H and O–H groups in total. The van der Waals surface area contributed by atoms with Crippen molar-refractivity contribution in [2.24, 2.45) is 0 Å². The van der Waals surface area contributed by atoms with Gasteiger partial charge in [-0.1, -0.05) is 6.07 Å². The average molecular weight is 279 g/mol. The first-order chi connectivity index (χ1) is 10.0. The molecule has 0 saturated carbocycles. The van der Waals surface area contributed by atoms with Crippen LogP contribution in [0.2, 0.25) is 0 Å². The van der Waals surface area contributed by atoms with E-state index in [1.807, 2.05) is 55.6 Å². The number of carbonyl (C=O) groups is 1. The number of hydrogen-bond donors (Lipinski definition) is 1. The number of pyridine rings is 1. The Hall–Kier alpha value is -2.62. The summed E-state index contributed by atoms with van der Waals surface area (Å²) < 4.78 is 1.85. The van der Waals surface area contributed by atoms with Crippen LogP contribution in [0.4, 0.5) is 5.69 Å². The maximum Gasteiger partial charge on any atom is 0.275 e. The van der Waals surface area contributed by atoms with E-state index in [-0.39, 0.29) is 5.91 Å². The predicted octanol–water partition coefficient (Wildman–Crippen LogP) is 3.51. The van der Waals surface area contributed by atoms with Crippen molar-refractivity contribution in [1.82, 2.24) is 9.38 Å². The third-order valence-electron chi connectivity index (χ3n) is 3.33. The third kappa shape index (κ3) is 2.79. The molecule has 0 aliphatic heterocycles. The maximum atomic E-state index is 12.3. The lowest BCUT2D eigenvalue weighted by Gasteiger charge is -2.05. The number of aryl methyl sites for hydroxylation is 3.